The fraction of sp³-hybridized carbons (Fsp3) is 0.250. The van der Waals surface area contributed by atoms with Gasteiger partial charge in [0.15, 0.2) is 0 Å². The number of benzene rings is 3. The Morgan fingerprint density at radius 2 is 1.64 bits per heavy atom. The summed E-state index contributed by atoms with van der Waals surface area (Å²) in [7, 11) is 0. The Morgan fingerprint density at radius 3 is 2.46 bits per heavy atom. The molecule has 0 amide bonds. The molecule has 0 spiro atoms. The molecule has 146 valence electrons. The fourth-order valence-corrected chi connectivity index (χ4v) is 3.02. The van der Waals surface area contributed by atoms with Crippen LogP contribution in [0.5, 0.6) is 11.5 Å². The van der Waals surface area contributed by atoms with Crippen LogP contribution in [-0.4, -0.2) is 19.8 Å². The molecule has 28 heavy (non-hydrogen) atoms. The lowest BCUT2D eigenvalue weighted by atomic mass is 10.1. The van der Waals surface area contributed by atoms with Crippen molar-refractivity contribution in [2.45, 2.75) is 19.8 Å². The van der Waals surface area contributed by atoms with E-state index < -0.39 is 0 Å². The van der Waals surface area contributed by atoms with Crippen molar-refractivity contribution in [3.8, 4) is 11.5 Å². The third-order valence-electron chi connectivity index (χ3n) is 4.41. The number of hydrogen-bond donors (Lipinski definition) is 1. The quantitative estimate of drug-likeness (QED) is 0.417. The van der Waals surface area contributed by atoms with Gasteiger partial charge in [-0.1, -0.05) is 54.1 Å². The molecule has 0 aromatic heterocycles. The minimum atomic E-state index is 0.559. The standard InChI is InChI=1S/C24H26ClNO2/c1-19-18-21(13-14-22(19)25)27-17-15-26-23-11-5-6-12-24(23)28-16-7-10-20-8-3-2-4-9-20/h2-6,8-9,11-14,18,26H,7,10,15-17H2,1H3. The average molecular weight is 396 g/mol. The summed E-state index contributed by atoms with van der Waals surface area (Å²) in [6, 6.07) is 24.2. The minimum Gasteiger partial charge on any atom is -0.492 e. The SMILES string of the molecule is Cc1cc(OCCNc2ccccc2OCCCc2ccccc2)ccc1Cl. The molecule has 3 aromatic rings. The van der Waals surface area contributed by atoms with Gasteiger partial charge in [0.1, 0.15) is 18.1 Å². The second kappa shape index (κ2) is 10.6. The molecule has 0 heterocycles. The zero-order valence-electron chi connectivity index (χ0n) is 16.2. The van der Waals surface area contributed by atoms with E-state index in [9.17, 15) is 0 Å². The summed E-state index contributed by atoms with van der Waals surface area (Å²) >= 11 is 6.04. The van der Waals surface area contributed by atoms with Gasteiger partial charge in [-0.05, 0) is 61.2 Å². The lowest BCUT2D eigenvalue weighted by molar-refractivity contribution is 0.311. The predicted octanol–water partition coefficient (Wildman–Crippen LogP) is 6.15. The van der Waals surface area contributed by atoms with E-state index in [1.54, 1.807) is 0 Å². The molecule has 4 heteroatoms. The van der Waals surface area contributed by atoms with Gasteiger partial charge in [-0.3, -0.25) is 0 Å². The first-order chi connectivity index (χ1) is 13.7. The van der Waals surface area contributed by atoms with Crippen LogP contribution < -0.4 is 14.8 Å². The summed E-state index contributed by atoms with van der Waals surface area (Å²) in [4.78, 5) is 0. The van der Waals surface area contributed by atoms with Crippen molar-refractivity contribution in [2.75, 3.05) is 25.1 Å². The van der Waals surface area contributed by atoms with Gasteiger partial charge in [-0.2, -0.15) is 0 Å². The van der Waals surface area contributed by atoms with Crippen LogP contribution in [0.2, 0.25) is 5.02 Å². The first kappa shape index (κ1) is 20.1. The van der Waals surface area contributed by atoms with Gasteiger partial charge in [0.2, 0.25) is 0 Å². The summed E-state index contributed by atoms with van der Waals surface area (Å²) in [6.45, 7) is 3.91. The van der Waals surface area contributed by atoms with Crippen molar-refractivity contribution >= 4 is 17.3 Å². The number of aryl methyl sites for hydroxylation is 2. The summed E-state index contributed by atoms with van der Waals surface area (Å²) in [5, 5.41) is 4.15. The van der Waals surface area contributed by atoms with E-state index in [1.165, 1.54) is 5.56 Å². The molecule has 0 radical (unpaired) electrons. The number of nitrogens with one attached hydrogen (secondary N) is 1. The summed E-state index contributed by atoms with van der Waals surface area (Å²) < 4.78 is 11.8. The van der Waals surface area contributed by atoms with Crippen molar-refractivity contribution in [1.29, 1.82) is 0 Å². The predicted molar refractivity (Wildman–Crippen MR) is 117 cm³/mol. The highest BCUT2D eigenvalue weighted by atomic mass is 35.5. The zero-order chi connectivity index (χ0) is 19.6. The van der Waals surface area contributed by atoms with Crippen molar-refractivity contribution in [3.63, 3.8) is 0 Å². The fourth-order valence-electron chi connectivity index (χ4n) is 2.90. The lowest BCUT2D eigenvalue weighted by Gasteiger charge is -2.14. The summed E-state index contributed by atoms with van der Waals surface area (Å²) in [5.41, 5.74) is 3.34. The molecule has 0 saturated heterocycles. The van der Waals surface area contributed by atoms with Gasteiger partial charge < -0.3 is 14.8 Å². The van der Waals surface area contributed by atoms with Crippen LogP contribution in [0.1, 0.15) is 17.5 Å². The maximum atomic E-state index is 6.04. The van der Waals surface area contributed by atoms with Crippen molar-refractivity contribution in [1.82, 2.24) is 0 Å². The first-order valence-electron chi connectivity index (χ1n) is 9.61. The van der Waals surface area contributed by atoms with E-state index in [1.807, 2.05) is 55.5 Å². The van der Waals surface area contributed by atoms with Gasteiger partial charge in [0.05, 0.1) is 12.3 Å². The van der Waals surface area contributed by atoms with E-state index in [4.69, 9.17) is 21.1 Å². The number of anilines is 1. The number of rotatable bonds is 10. The second-order valence-corrected chi connectivity index (χ2v) is 7.03. The molecular formula is C24H26ClNO2. The maximum absolute atomic E-state index is 6.04. The van der Waals surface area contributed by atoms with Crippen LogP contribution in [0.25, 0.3) is 0 Å². The molecule has 0 unspecified atom stereocenters. The number of ether oxygens (including phenoxy) is 2. The van der Waals surface area contributed by atoms with Gasteiger partial charge in [0, 0.05) is 11.6 Å². The van der Waals surface area contributed by atoms with Crippen LogP contribution in [0.4, 0.5) is 5.69 Å². The van der Waals surface area contributed by atoms with E-state index >= 15 is 0 Å². The van der Waals surface area contributed by atoms with Crippen molar-refractivity contribution in [3.05, 3.63) is 88.9 Å². The summed E-state index contributed by atoms with van der Waals surface area (Å²) in [5.74, 6) is 1.70. The Morgan fingerprint density at radius 1 is 0.857 bits per heavy atom. The highest BCUT2D eigenvalue weighted by Crippen LogP contribution is 2.24. The largest absolute Gasteiger partial charge is 0.492 e. The molecular weight excluding hydrogens is 370 g/mol. The topological polar surface area (TPSA) is 30.5 Å². The highest BCUT2D eigenvalue weighted by Gasteiger charge is 2.03. The Bertz CT molecular complexity index is 867. The Labute approximate surface area is 172 Å². The van der Waals surface area contributed by atoms with E-state index in [0.29, 0.717) is 19.8 Å². The van der Waals surface area contributed by atoms with Crippen molar-refractivity contribution < 1.29 is 9.47 Å². The van der Waals surface area contributed by atoms with Crippen LogP contribution in [-0.2, 0) is 6.42 Å². The Kier molecular flexibility index (Phi) is 7.62. The third kappa shape index (κ3) is 6.21. The molecule has 0 atom stereocenters. The van der Waals surface area contributed by atoms with Gasteiger partial charge >= 0.3 is 0 Å². The average Bonchev–Trinajstić information content (AvgIpc) is 2.73. The lowest BCUT2D eigenvalue weighted by Crippen LogP contribution is -2.12. The molecule has 3 rings (SSSR count). The Hall–Kier alpha value is -2.65. The monoisotopic (exact) mass is 395 g/mol. The Balaban J connectivity index is 1.42. The highest BCUT2D eigenvalue weighted by molar-refractivity contribution is 6.31. The number of hydrogen-bond acceptors (Lipinski definition) is 3. The second-order valence-electron chi connectivity index (χ2n) is 6.62. The van der Waals surface area contributed by atoms with Crippen LogP contribution in [0.15, 0.2) is 72.8 Å². The third-order valence-corrected chi connectivity index (χ3v) is 4.84. The van der Waals surface area contributed by atoms with Gasteiger partial charge in [-0.25, -0.2) is 0 Å². The van der Waals surface area contributed by atoms with Gasteiger partial charge in [0.25, 0.3) is 0 Å². The van der Waals surface area contributed by atoms with Crippen LogP contribution in [0.3, 0.4) is 0 Å². The van der Waals surface area contributed by atoms with Crippen molar-refractivity contribution in [2.24, 2.45) is 0 Å². The van der Waals surface area contributed by atoms with E-state index in [2.05, 4.69) is 29.6 Å². The molecule has 1 N–H and O–H groups in total. The molecule has 3 nitrogen and oxygen atoms in total. The first-order valence-corrected chi connectivity index (χ1v) is 9.99. The molecule has 3 aromatic carbocycles. The van der Waals surface area contributed by atoms with Crippen LogP contribution in [0, 0.1) is 6.92 Å². The molecule has 0 bridgehead atoms. The van der Waals surface area contributed by atoms with E-state index in [0.717, 1.165) is 40.6 Å². The minimum absolute atomic E-state index is 0.559. The number of para-hydroxylation sites is 2. The van der Waals surface area contributed by atoms with E-state index in [-0.39, 0.29) is 0 Å². The molecule has 0 fully saturated rings. The summed E-state index contributed by atoms with van der Waals surface area (Å²) in [6.07, 6.45) is 2.00. The molecule has 0 aliphatic carbocycles. The number of halogens is 1. The maximum Gasteiger partial charge on any atom is 0.142 e. The van der Waals surface area contributed by atoms with Crippen LogP contribution >= 0.6 is 11.6 Å². The molecule has 0 aliphatic rings. The smallest absolute Gasteiger partial charge is 0.142 e. The zero-order valence-corrected chi connectivity index (χ0v) is 16.9. The molecule has 0 aliphatic heterocycles. The molecule has 0 saturated carbocycles. The van der Waals surface area contributed by atoms with Gasteiger partial charge in [-0.15, -0.1) is 0 Å². The normalized spacial score (nSPS) is 10.5.